The maximum Gasteiger partial charge on any atom is 0.148 e. The zero-order chi connectivity index (χ0) is 9.61. The number of hydrogen-bond acceptors (Lipinski definition) is 4. The highest BCUT2D eigenvalue weighted by Gasteiger charge is 2.01. The third kappa shape index (κ3) is 9.97. The molecule has 0 saturated carbocycles. The highest BCUT2D eigenvalue weighted by Crippen LogP contribution is 2.03. The summed E-state index contributed by atoms with van der Waals surface area (Å²) in [5.74, 6) is 1.67. The van der Waals surface area contributed by atoms with E-state index in [0.717, 1.165) is 5.75 Å². The molecule has 5 heteroatoms. The Balaban J connectivity index is 3.29. The Morgan fingerprint density at radius 3 is 2.33 bits per heavy atom. The number of rotatable bonds is 6. The first-order valence-corrected chi connectivity index (χ1v) is 6.88. The predicted octanol–water partition coefficient (Wildman–Crippen LogP) is 0.743. The van der Waals surface area contributed by atoms with E-state index < -0.39 is 9.84 Å². The molecule has 0 fully saturated rings. The second-order valence-corrected chi connectivity index (χ2v) is 6.18. The van der Waals surface area contributed by atoms with Gasteiger partial charge in [0.25, 0.3) is 0 Å². The Kier molecular flexibility index (Phi) is 5.57. The second kappa shape index (κ2) is 5.59. The van der Waals surface area contributed by atoms with Crippen molar-refractivity contribution in [3.05, 3.63) is 0 Å². The van der Waals surface area contributed by atoms with E-state index in [0.29, 0.717) is 12.2 Å². The van der Waals surface area contributed by atoms with Crippen LogP contribution in [0.1, 0.15) is 13.3 Å². The standard InChI is InChI=1S/C7H14O3S2/c1-7(8)3-4-11-5-6-12(2,9)10/h3-6H2,1-2H3. The van der Waals surface area contributed by atoms with Gasteiger partial charge in [0.05, 0.1) is 5.75 Å². The lowest BCUT2D eigenvalue weighted by Gasteiger charge is -1.97. The summed E-state index contributed by atoms with van der Waals surface area (Å²) in [5, 5.41) is 0. The first kappa shape index (κ1) is 12.0. The number of thioether (sulfide) groups is 1. The maximum absolute atomic E-state index is 10.6. The van der Waals surface area contributed by atoms with Gasteiger partial charge in [-0.1, -0.05) is 0 Å². The smallest absolute Gasteiger partial charge is 0.148 e. The van der Waals surface area contributed by atoms with Gasteiger partial charge < -0.3 is 0 Å². The zero-order valence-electron chi connectivity index (χ0n) is 7.37. The largest absolute Gasteiger partial charge is 0.300 e. The maximum atomic E-state index is 10.6. The molecule has 0 aliphatic carbocycles. The van der Waals surface area contributed by atoms with Gasteiger partial charge in [0.15, 0.2) is 0 Å². The molecule has 0 amide bonds. The zero-order valence-corrected chi connectivity index (χ0v) is 9.00. The van der Waals surface area contributed by atoms with Crippen LogP contribution in [0.25, 0.3) is 0 Å². The van der Waals surface area contributed by atoms with Crippen molar-refractivity contribution in [2.45, 2.75) is 13.3 Å². The Hall–Kier alpha value is -0.0300. The van der Waals surface area contributed by atoms with E-state index in [4.69, 9.17) is 0 Å². The molecule has 0 N–H and O–H groups in total. The van der Waals surface area contributed by atoms with Crippen molar-refractivity contribution in [2.24, 2.45) is 0 Å². The molecule has 0 saturated heterocycles. The lowest BCUT2D eigenvalue weighted by molar-refractivity contribution is -0.116. The summed E-state index contributed by atoms with van der Waals surface area (Å²) in [7, 11) is -2.83. The van der Waals surface area contributed by atoms with Crippen LogP contribution in [0.3, 0.4) is 0 Å². The first-order chi connectivity index (χ1) is 5.42. The molecule has 72 valence electrons. The molecule has 0 aliphatic rings. The van der Waals surface area contributed by atoms with Gasteiger partial charge in [0.1, 0.15) is 15.6 Å². The van der Waals surface area contributed by atoms with Crippen molar-refractivity contribution in [3.8, 4) is 0 Å². The molecule has 3 nitrogen and oxygen atoms in total. The summed E-state index contributed by atoms with van der Waals surface area (Å²) in [6.07, 6.45) is 1.76. The number of Topliss-reactive ketones (excluding diaryl/α,β-unsaturated/α-hetero) is 1. The predicted molar refractivity (Wildman–Crippen MR) is 52.3 cm³/mol. The van der Waals surface area contributed by atoms with Gasteiger partial charge in [-0.3, -0.25) is 4.79 Å². The van der Waals surface area contributed by atoms with Crippen LogP contribution in [-0.2, 0) is 14.6 Å². The third-order valence-electron chi connectivity index (χ3n) is 1.20. The van der Waals surface area contributed by atoms with Crippen LogP contribution < -0.4 is 0 Å². The van der Waals surface area contributed by atoms with Crippen LogP contribution in [0, 0.1) is 0 Å². The average Bonchev–Trinajstić information content (AvgIpc) is 1.83. The molecule has 0 aliphatic heterocycles. The molecule has 0 unspecified atom stereocenters. The molecule has 0 aromatic rings. The van der Waals surface area contributed by atoms with Gasteiger partial charge in [0, 0.05) is 24.2 Å². The summed E-state index contributed by atoms with van der Waals surface area (Å²) >= 11 is 1.51. The highest BCUT2D eigenvalue weighted by molar-refractivity contribution is 8.00. The number of carbonyl (C=O) groups is 1. The molecule has 0 atom stereocenters. The van der Waals surface area contributed by atoms with Gasteiger partial charge in [0.2, 0.25) is 0 Å². The van der Waals surface area contributed by atoms with Crippen LogP contribution in [0.15, 0.2) is 0 Å². The lowest BCUT2D eigenvalue weighted by Crippen LogP contribution is -2.05. The van der Waals surface area contributed by atoms with Crippen molar-refractivity contribution in [2.75, 3.05) is 23.5 Å². The Morgan fingerprint density at radius 2 is 1.92 bits per heavy atom. The van der Waals surface area contributed by atoms with Gasteiger partial charge in [-0.15, -0.1) is 0 Å². The Labute approximate surface area is 77.8 Å². The molecular formula is C7H14O3S2. The Bertz CT molecular complexity index is 231. The van der Waals surface area contributed by atoms with Crippen LogP contribution >= 0.6 is 11.8 Å². The minimum Gasteiger partial charge on any atom is -0.300 e. The number of ketones is 1. The van der Waals surface area contributed by atoms with Gasteiger partial charge in [-0.05, 0) is 6.92 Å². The number of sulfone groups is 1. The normalized spacial score (nSPS) is 11.5. The fourth-order valence-corrected chi connectivity index (χ4v) is 2.85. The van der Waals surface area contributed by atoms with Crippen LogP contribution in [0.4, 0.5) is 0 Å². The number of hydrogen-bond donors (Lipinski definition) is 0. The topological polar surface area (TPSA) is 51.2 Å². The monoisotopic (exact) mass is 210 g/mol. The SMILES string of the molecule is CC(=O)CCSCCS(C)(=O)=O. The van der Waals surface area contributed by atoms with E-state index >= 15 is 0 Å². The summed E-state index contributed by atoms with van der Waals surface area (Å²) in [6.45, 7) is 1.54. The molecule has 0 spiro atoms. The molecule has 0 radical (unpaired) electrons. The number of carbonyl (C=O) groups excluding carboxylic acids is 1. The van der Waals surface area contributed by atoms with Crippen LogP contribution in [-0.4, -0.2) is 37.7 Å². The summed E-state index contributed by atoms with van der Waals surface area (Å²) in [6, 6.07) is 0. The molecule has 0 heterocycles. The molecule has 12 heavy (non-hydrogen) atoms. The molecule has 0 aromatic heterocycles. The van der Waals surface area contributed by atoms with Gasteiger partial charge >= 0.3 is 0 Å². The fraction of sp³-hybridized carbons (Fsp3) is 0.857. The summed E-state index contributed by atoms with van der Waals surface area (Å²) < 4.78 is 21.3. The fourth-order valence-electron chi connectivity index (χ4n) is 0.528. The van der Waals surface area contributed by atoms with Crippen molar-refractivity contribution >= 4 is 27.4 Å². The molecule has 0 bridgehead atoms. The van der Waals surface area contributed by atoms with Crippen molar-refractivity contribution in [1.29, 1.82) is 0 Å². The van der Waals surface area contributed by atoms with Gasteiger partial charge in [-0.25, -0.2) is 8.42 Å². The summed E-state index contributed by atoms with van der Waals surface area (Å²) in [4.78, 5) is 10.5. The van der Waals surface area contributed by atoms with E-state index in [1.807, 2.05) is 0 Å². The second-order valence-electron chi connectivity index (χ2n) is 2.69. The van der Waals surface area contributed by atoms with Crippen LogP contribution in [0.5, 0.6) is 0 Å². The van der Waals surface area contributed by atoms with E-state index in [1.165, 1.54) is 24.9 Å². The Morgan fingerprint density at radius 1 is 1.33 bits per heavy atom. The quantitative estimate of drug-likeness (QED) is 0.607. The van der Waals surface area contributed by atoms with Gasteiger partial charge in [-0.2, -0.15) is 11.8 Å². The van der Waals surface area contributed by atoms with Crippen molar-refractivity contribution in [1.82, 2.24) is 0 Å². The van der Waals surface area contributed by atoms with Crippen molar-refractivity contribution in [3.63, 3.8) is 0 Å². The highest BCUT2D eigenvalue weighted by atomic mass is 32.2. The van der Waals surface area contributed by atoms with Crippen molar-refractivity contribution < 1.29 is 13.2 Å². The van der Waals surface area contributed by atoms with E-state index in [-0.39, 0.29) is 11.5 Å². The van der Waals surface area contributed by atoms with Crippen LogP contribution in [0.2, 0.25) is 0 Å². The molecule has 0 rings (SSSR count). The molecular weight excluding hydrogens is 196 g/mol. The minimum absolute atomic E-state index is 0.154. The van der Waals surface area contributed by atoms with E-state index in [2.05, 4.69) is 0 Å². The van der Waals surface area contributed by atoms with E-state index in [1.54, 1.807) is 0 Å². The lowest BCUT2D eigenvalue weighted by atomic mass is 10.4. The first-order valence-electron chi connectivity index (χ1n) is 3.67. The summed E-state index contributed by atoms with van der Waals surface area (Å²) in [5.41, 5.74) is 0. The third-order valence-corrected chi connectivity index (χ3v) is 3.39. The minimum atomic E-state index is -2.83. The van der Waals surface area contributed by atoms with E-state index in [9.17, 15) is 13.2 Å². The average molecular weight is 210 g/mol. The molecule has 0 aromatic carbocycles.